The minimum absolute atomic E-state index is 0. The van der Waals surface area contributed by atoms with Gasteiger partial charge in [-0.2, -0.15) is 0 Å². The molecule has 2 aliphatic heterocycles. The van der Waals surface area contributed by atoms with Crippen LogP contribution in [0.4, 0.5) is 10.1 Å². The van der Waals surface area contributed by atoms with Crippen LogP contribution in [-0.4, -0.2) is 38.9 Å². The van der Waals surface area contributed by atoms with Crippen LogP contribution >= 0.6 is 12.4 Å². The number of fused-ring (bicyclic) bond motifs is 1. The van der Waals surface area contributed by atoms with Crippen LogP contribution in [0.1, 0.15) is 17.5 Å². The van der Waals surface area contributed by atoms with Crippen LogP contribution in [0, 0.1) is 11.7 Å². The minimum atomic E-state index is -0.327. The number of carbonyl (C=O) groups excluding carboxylic acids is 1. The molecule has 23 heavy (non-hydrogen) atoms. The highest BCUT2D eigenvalue weighted by Gasteiger charge is 2.18. The van der Waals surface area contributed by atoms with Gasteiger partial charge >= 0.3 is 0 Å². The van der Waals surface area contributed by atoms with Crippen molar-refractivity contribution >= 4 is 24.0 Å². The largest absolute Gasteiger partial charge is 0.381 e. The SMILES string of the molecule is Cl.O=C(COCC1CCOC1)Nc1ccc2c(c1F)CCNC2. The number of hydrogen-bond donors (Lipinski definition) is 2. The van der Waals surface area contributed by atoms with Gasteiger partial charge in [0.25, 0.3) is 0 Å². The van der Waals surface area contributed by atoms with E-state index in [4.69, 9.17) is 9.47 Å². The molecule has 1 aromatic rings. The Morgan fingerprint density at radius 1 is 1.48 bits per heavy atom. The van der Waals surface area contributed by atoms with Crippen molar-refractivity contribution < 1.29 is 18.7 Å². The first-order valence-electron chi connectivity index (χ1n) is 7.70. The first-order valence-corrected chi connectivity index (χ1v) is 7.70. The normalized spacial score (nSPS) is 19.8. The van der Waals surface area contributed by atoms with E-state index in [9.17, 15) is 9.18 Å². The lowest BCUT2D eigenvalue weighted by molar-refractivity contribution is -0.121. The molecule has 0 bridgehead atoms. The summed E-state index contributed by atoms with van der Waals surface area (Å²) < 4.78 is 25.0. The Kier molecular flexibility index (Phi) is 6.77. The second kappa shape index (κ2) is 8.59. The van der Waals surface area contributed by atoms with Crippen molar-refractivity contribution in [1.82, 2.24) is 5.32 Å². The van der Waals surface area contributed by atoms with Crippen molar-refractivity contribution in [3.05, 3.63) is 29.1 Å². The van der Waals surface area contributed by atoms with E-state index in [0.717, 1.165) is 25.1 Å². The molecule has 3 rings (SSSR count). The van der Waals surface area contributed by atoms with E-state index in [0.29, 0.717) is 37.7 Å². The first kappa shape index (κ1) is 18.1. The van der Waals surface area contributed by atoms with Gasteiger partial charge in [0, 0.05) is 19.1 Å². The first-order chi connectivity index (χ1) is 10.7. The molecule has 7 heteroatoms. The van der Waals surface area contributed by atoms with E-state index in [1.807, 2.05) is 6.07 Å². The van der Waals surface area contributed by atoms with Gasteiger partial charge in [0.05, 0.1) is 18.9 Å². The molecule has 5 nitrogen and oxygen atoms in total. The molecular formula is C16H22ClFN2O3. The standard InChI is InChI=1S/C16H21FN2O3.ClH/c17-16-13-3-5-18-7-12(13)1-2-14(16)19-15(20)10-22-9-11-4-6-21-8-11;/h1-2,11,18H,3-10H2,(H,19,20);1H. The molecule has 2 heterocycles. The lowest BCUT2D eigenvalue weighted by Gasteiger charge is -2.19. The number of carbonyl (C=O) groups is 1. The van der Waals surface area contributed by atoms with E-state index >= 15 is 0 Å². The molecule has 0 radical (unpaired) electrons. The molecule has 1 atom stereocenters. The van der Waals surface area contributed by atoms with Crippen molar-refractivity contribution in [2.45, 2.75) is 19.4 Å². The van der Waals surface area contributed by atoms with Gasteiger partial charge in [0.1, 0.15) is 12.4 Å². The number of halogens is 2. The monoisotopic (exact) mass is 344 g/mol. The maximum Gasteiger partial charge on any atom is 0.250 e. The fourth-order valence-electron chi connectivity index (χ4n) is 2.85. The summed E-state index contributed by atoms with van der Waals surface area (Å²) in [5, 5.41) is 5.79. The molecule has 0 aliphatic carbocycles. The van der Waals surface area contributed by atoms with Crippen LogP contribution in [0.2, 0.25) is 0 Å². The number of ether oxygens (including phenoxy) is 2. The average molecular weight is 345 g/mol. The highest BCUT2D eigenvalue weighted by atomic mass is 35.5. The Labute approximate surface area is 141 Å². The zero-order chi connectivity index (χ0) is 15.4. The third kappa shape index (κ3) is 4.64. The fraction of sp³-hybridized carbons (Fsp3) is 0.562. The van der Waals surface area contributed by atoms with Gasteiger partial charge in [-0.25, -0.2) is 4.39 Å². The lowest BCUT2D eigenvalue weighted by Crippen LogP contribution is -2.26. The van der Waals surface area contributed by atoms with Crippen LogP contribution < -0.4 is 10.6 Å². The molecule has 0 aromatic heterocycles. The second-order valence-electron chi connectivity index (χ2n) is 5.78. The Hall–Kier alpha value is -1.21. The molecule has 2 aliphatic rings. The highest BCUT2D eigenvalue weighted by molar-refractivity contribution is 5.92. The summed E-state index contributed by atoms with van der Waals surface area (Å²) >= 11 is 0. The molecule has 0 spiro atoms. The number of anilines is 1. The number of amides is 1. The van der Waals surface area contributed by atoms with Crippen molar-refractivity contribution in [3.8, 4) is 0 Å². The average Bonchev–Trinajstić information content (AvgIpc) is 3.04. The van der Waals surface area contributed by atoms with E-state index < -0.39 is 0 Å². The summed E-state index contributed by atoms with van der Waals surface area (Å²) in [5.74, 6) is -0.288. The molecule has 1 amide bonds. The van der Waals surface area contributed by atoms with Crippen molar-refractivity contribution in [3.63, 3.8) is 0 Å². The molecule has 1 saturated heterocycles. The minimum Gasteiger partial charge on any atom is -0.381 e. The molecule has 1 unspecified atom stereocenters. The van der Waals surface area contributed by atoms with E-state index in [-0.39, 0.29) is 36.4 Å². The predicted octanol–water partition coefficient (Wildman–Crippen LogP) is 1.88. The molecule has 1 fully saturated rings. The van der Waals surface area contributed by atoms with Gasteiger partial charge in [0.2, 0.25) is 5.91 Å². The van der Waals surface area contributed by atoms with Crippen LogP contribution in [0.5, 0.6) is 0 Å². The number of rotatable bonds is 5. The number of nitrogens with one attached hydrogen (secondary N) is 2. The lowest BCUT2D eigenvalue weighted by atomic mass is 9.99. The number of benzene rings is 1. The Balaban J connectivity index is 0.00000192. The van der Waals surface area contributed by atoms with Crippen LogP contribution in [0.3, 0.4) is 0 Å². The van der Waals surface area contributed by atoms with E-state index in [1.165, 1.54) is 0 Å². The predicted molar refractivity (Wildman–Crippen MR) is 87.4 cm³/mol. The summed E-state index contributed by atoms with van der Waals surface area (Å²) in [7, 11) is 0. The summed E-state index contributed by atoms with van der Waals surface area (Å²) in [6.07, 6.45) is 1.61. The summed E-state index contributed by atoms with van der Waals surface area (Å²) in [5.41, 5.74) is 1.89. The quantitative estimate of drug-likeness (QED) is 0.856. The van der Waals surface area contributed by atoms with Gasteiger partial charge < -0.3 is 20.1 Å². The van der Waals surface area contributed by atoms with E-state index in [1.54, 1.807) is 6.07 Å². The van der Waals surface area contributed by atoms with Crippen molar-refractivity contribution in [2.75, 3.05) is 38.3 Å². The third-order valence-corrected chi connectivity index (χ3v) is 4.09. The number of hydrogen-bond acceptors (Lipinski definition) is 4. The molecule has 1 aromatic carbocycles. The zero-order valence-electron chi connectivity index (χ0n) is 12.9. The Morgan fingerprint density at radius 3 is 3.13 bits per heavy atom. The summed E-state index contributed by atoms with van der Waals surface area (Å²) in [6, 6.07) is 3.47. The van der Waals surface area contributed by atoms with Gasteiger partial charge in [0.15, 0.2) is 0 Å². The van der Waals surface area contributed by atoms with Crippen molar-refractivity contribution in [2.24, 2.45) is 5.92 Å². The Bertz CT molecular complexity index is 550. The van der Waals surface area contributed by atoms with Gasteiger partial charge in [-0.3, -0.25) is 4.79 Å². The molecule has 128 valence electrons. The van der Waals surface area contributed by atoms with Crippen LogP contribution in [0.25, 0.3) is 0 Å². The molecule has 2 N–H and O–H groups in total. The molecule has 0 saturated carbocycles. The zero-order valence-corrected chi connectivity index (χ0v) is 13.7. The van der Waals surface area contributed by atoms with Crippen LogP contribution in [0.15, 0.2) is 12.1 Å². The van der Waals surface area contributed by atoms with Crippen LogP contribution in [-0.2, 0) is 27.2 Å². The maximum absolute atomic E-state index is 14.4. The van der Waals surface area contributed by atoms with Crippen molar-refractivity contribution in [1.29, 1.82) is 0 Å². The summed E-state index contributed by atoms with van der Waals surface area (Å²) in [4.78, 5) is 11.9. The topological polar surface area (TPSA) is 59.6 Å². The van der Waals surface area contributed by atoms with Gasteiger partial charge in [-0.1, -0.05) is 6.07 Å². The third-order valence-electron chi connectivity index (χ3n) is 4.09. The van der Waals surface area contributed by atoms with E-state index in [2.05, 4.69) is 10.6 Å². The fourth-order valence-corrected chi connectivity index (χ4v) is 2.85. The maximum atomic E-state index is 14.4. The summed E-state index contributed by atoms with van der Waals surface area (Å²) in [6.45, 7) is 3.33. The Morgan fingerprint density at radius 2 is 2.35 bits per heavy atom. The highest BCUT2D eigenvalue weighted by Crippen LogP contribution is 2.24. The van der Waals surface area contributed by atoms with Gasteiger partial charge in [-0.15, -0.1) is 12.4 Å². The molecular weight excluding hydrogens is 323 g/mol. The second-order valence-corrected chi connectivity index (χ2v) is 5.78. The van der Waals surface area contributed by atoms with Gasteiger partial charge in [-0.05, 0) is 36.6 Å². The smallest absolute Gasteiger partial charge is 0.250 e.